The van der Waals surface area contributed by atoms with Crippen molar-refractivity contribution in [2.45, 2.75) is 76.1 Å². The van der Waals surface area contributed by atoms with E-state index in [4.69, 9.17) is 5.73 Å². The molecule has 2 N–H and O–H groups in total. The Hall–Kier alpha value is -0.220. The van der Waals surface area contributed by atoms with Crippen LogP contribution < -0.4 is 5.73 Å². The van der Waals surface area contributed by atoms with E-state index in [1.807, 2.05) is 11.8 Å². The van der Waals surface area contributed by atoms with E-state index in [-0.39, 0.29) is 27.1 Å². The summed E-state index contributed by atoms with van der Waals surface area (Å²) in [5.41, 5.74) is 5.44. The third-order valence-corrected chi connectivity index (χ3v) is 4.82. The molecule has 0 aromatic rings. The molecule has 0 spiro atoms. The van der Waals surface area contributed by atoms with E-state index in [0.29, 0.717) is 6.42 Å². The SMILES string of the molecule is CC1(C)SC(C)(C)N(C(C)(C)C)[C@@H]1CC(N)=O. The Balaban J connectivity index is 3.15. The maximum Gasteiger partial charge on any atom is 0.219 e. The first-order valence-corrected chi connectivity index (χ1v) is 6.97. The zero-order valence-corrected chi connectivity index (χ0v) is 12.9. The van der Waals surface area contributed by atoms with Gasteiger partial charge in [-0.25, -0.2) is 0 Å². The highest BCUT2D eigenvalue weighted by atomic mass is 32.2. The molecule has 1 atom stereocenters. The molecule has 0 bridgehead atoms. The number of carbonyl (C=O) groups is 1. The van der Waals surface area contributed by atoms with Crippen LogP contribution in [0.5, 0.6) is 0 Å². The van der Waals surface area contributed by atoms with Crippen LogP contribution in [-0.4, -0.2) is 32.0 Å². The monoisotopic (exact) mass is 258 g/mol. The second kappa shape index (κ2) is 4.16. The van der Waals surface area contributed by atoms with Crippen LogP contribution in [0.2, 0.25) is 0 Å². The van der Waals surface area contributed by atoms with Crippen molar-refractivity contribution >= 4 is 17.7 Å². The summed E-state index contributed by atoms with van der Waals surface area (Å²) in [5, 5.41) is 0. The number of primary amides is 1. The first-order valence-electron chi connectivity index (χ1n) is 6.16. The molecule has 17 heavy (non-hydrogen) atoms. The number of hydrogen-bond donors (Lipinski definition) is 1. The summed E-state index contributed by atoms with van der Waals surface area (Å²) in [5.74, 6) is -0.212. The Morgan fingerprint density at radius 1 is 1.29 bits per heavy atom. The van der Waals surface area contributed by atoms with Crippen molar-refractivity contribution in [1.29, 1.82) is 0 Å². The van der Waals surface area contributed by atoms with Gasteiger partial charge in [-0.15, -0.1) is 11.8 Å². The molecule has 1 heterocycles. The maximum absolute atomic E-state index is 11.3. The highest BCUT2D eigenvalue weighted by molar-refractivity contribution is 8.02. The minimum absolute atomic E-state index is 0.0296. The number of thioether (sulfide) groups is 1. The molecule has 1 rings (SSSR count). The van der Waals surface area contributed by atoms with Gasteiger partial charge in [0.15, 0.2) is 0 Å². The van der Waals surface area contributed by atoms with E-state index in [0.717, 1.165) is 0 Å². The lowest BCUT2D eigenvalue weighted by Gasteiger charge is -2.45. The standard InChI is InChI=1S/C13H26N2OS/c1-11(2,3)15-9(8-10(14)16)12(4,5)17-13(15,6)7/h9H,8H2,1-7H3,(H2,14,16)/t9-/m1/s1. The van der Waals surface area contributed by atoms with Crippen LogP contribution in [0.3, 0.4) is 0 Å². The van der Waals surface area contributed by atoms with Gasteiger partial charge in [0.05, 0.1) is 4.87 Å². The van der Waals surface area contributed by atoms with Gasteiger partial charge in [-0.1, -0.05) is 0 Å². The summed E-state index contributed by atoms with van der Waals surface area (Å²) >= 11 is 1.93. The molecule has 4 heteroatoms. The van der Waals surface area contributed by atoms with Crippen LogP contribution >= 0.6 is 11.8 Å². The fourth-order valence-electron chi connectivity index (χ4n) is 3.25. The van der Waals surface area contributed by atoms with Crippen LogP contribution in [0.1, 0.15) is 54.9 Å². The molecule has 1 fully saturated rings. The molecular weight excluding hydrogens is 232 g/mol. The van der Waals surface area contributed by atoms with Crippen LogP contribution in [0.15, 0.2) is 0 Å². The summed E-state index contributed by atoms with van der Waals surface area (Å²) in [7, 11) is 0. The normalized spacial score (nSPS) is 28.3. The second-order valence-electron chi connectivity index (χ2n) is 6.88. The zero-order valence-electron chi connectivity index (χ0n) is 12.1. The van der Waals surface area contributed by atoms with Gasteiger partial charge in [-0.05, 0) is 48.5 Å². The number of amides is 1. The van der Waals surface area contributed by atoms with Gasteiger partial charge < -0.3 is 5.73 Å². The van der Waals surface area contributed by atoms with Crippen molar-refractivity contribution < 1.29 is 4.79 Å². The minimum atomic E-state index is -0.212. The van der Waals surface area contributed by atoms with E-state index < -0.39 is 0 Å². The molecule has 1 aliphatic heterocycles. The van der Waals surface area contributed by atoms with Crippen molar-refractivity contribution in [2.24, 2.45) is 5.73 Å². The molecule has 100 valence electrons. The van der Waals surface area contributed by atoms with E-state index in [1.54, 1.807) is 0 Å². The largest absolute Gasteiger partial charge is 0.370 e. The average Bonchev–Trinajstić information content (AvgIpc) is 2.12. The smallest absolute Gasteiger partial charge is 0.219 e. The summed E-state index contributed by atoms with van der Waals surface area (Å²) in [4.78, 5) is 13.8. The molecule has 0 unspecified atom stereocenters. The Morgan fingerprint density at radius 3 is 2.12 bits per heavy atom. The topological polar surface area (TPSA) is 46.3 Å². The summed E-state index contributed by atoms with van der Waals surface area (Å²) < 4.78 is 0.0474. The lowest BCUT2D eigenvalue weighted by Crippen LogP contribution is -2.56. The van der Waals surface area contributed by atoms with Crippen LogP contribution in [0.4, 0.5) is 0 Å². The molecule has 0 aliphatic carbocycles. The predicted octanol–water partition coefficient (Wildman–Crippen LogP) is 2.59. The van der Waals surface area contributed by atoms with Crippen LogP contribution in [0.25, 0.3) is 0 Å². The fourth-order valence-corrected chi connectivity index (χ4v) is 5.36. The zero-order chi connectivity index (χ0) is 13.6. The molecular formula is C13H26N2OS. The van der Waals surface area contributed by atoms with Crippen molar-refractivity contribution in [1.82, 2.24) is 4.90 Å². The number of nitrogens with two attached hydrogens (primary N) is 1. The van der Waals surface area contributed by atoms with Gasteiger partial charge in [0.25, 0.3) is 0 Å². The molecule has 3 nitrogen and oxygen atoms in total. The molecule has 1 saturated heterocycles. The Kier molecular flexibility index (Phi) is 3.63. The highest BCUT2D eigenvalue weighted by Gasteiger charge is 2.55. The second-order valence-corrected chi connectivity index (χ2v) is 9.13. The Bertz CT molecular complexity index is 318. The Labute approximate surface area is 109 Å². The first-order chi connectivity index (χ1) is 7.38. The quantitative estimate of drug-likeness (QED) is 0.828. The third kappa shape index (κ3) is 2.97. The van der Waals surface area contributed by atoms with Crippen molar-refractivity contribution in [3.05, 3.63) is 0 Å². The van der Waals surface area contributed by atoms with Gasteiger partial charge >= 0.3 is 0 Å². The van der Waals surface area contributed by atoms with Crippen LogP contribution in [0, 0.1) is 0 Å². The number of nitrogens with zero attached hydrogens (tertiary/aromatic N) is 1. The van der Waals surface area contributed by atoms with Crippen LogP contribution in [-0.2, 0) is 4.79 Å². The van der Waals surface area contributed by atoms with Gasteiger partial charge in [0, 0.05) is 22.7 Å². The molecule has 1 amide bonds. The van der Waals surface area contributed by atoms with E-state index in [1.165, 1.54) is 0 Å². The van der Waals surface area contributed by atoms with Crippen molar-refractivity contribution in [3.63, 3.8) is 0 Å². The van der Waals surface area contributed by atoms with Crippen molar-refractivity contribution in [3.8, 4) is 0 Å². The van der Waals surface area contributed by atoms with Gasteiger partial charge in [-0.3, -0.25) is 9.69 Å². The fraction of sp³-hybridized carbons (Fsp3) is 0.923. The lowest BCUT2D eigenvalue weighted by atomic mass is 9.91. The lowest BCUT2D eigenvalue weighted by molar-refractivity contribution is -0.120. The summed E-state index contributed by atoms with van der Waals surface area (Å²) in [6, 6.07) is 0.194. The number of hydrogen-bond acceptors (Lipinski definition) is 3. The van der Waals surface area contributed by atoms with Gasteiger partial charge in [0.1, 0.15) is 0 Å². The maximum atomic E-state index is 11.3. The predicted molar refractivity (Wildman–Crippen MR) is 74.9 cm³/mol. The van der Waals surface area contributed by atoms with Gasteiger partial charge in [-0.2, -0.15) is 0 Å². The molecule has 0 radical (unpaired) electrons. The molecule has 1 aliphatic rings. The summed E-state index contributed by atoms with van der Waals surface area (Å²) in [6.45, 7) is 15.5. The number of carbonyl (C=O) groups excluding carboxylic acids is 1. The van der Waals surface area contributed by atoms with E-state index in [9.17, 15) is 4.79 Å². The highest BCUT2D eigenvalue weighted by Crippen LogP contribution is 2.54. The molecule has 0 aromatic heterocycles. The first kappa shape index (κ1) is 14.8. The van der Waals surface area contributed by atoms with Gasteiger partial charge in [0.2, 0.25) is 5.91 Å². The third-order valence-electron chi connectivity index (χ3n) is 3.32. The average molecular weight is 258 g/mol. The summed E-state index contributed by atoms with van der Waals surface area (Å²) in [6.07, 6.45) is 0.431. The van der Waals surface area contributed by atoms with E-state index in [2.05, 4.69) is 53.4 Å². The molecule has 0 saturated carbocycles. The molecule has 0 aromatic carbocycles. The van der Waals surface area contributed by atoms with E-state index >= 15 is 0 Å². The number of rotatable bonds is 2. The minimum Gasteiger partial charge on any atom is -0.370 e. The van der Waals surface area contributed by atoms with Crippen molar-refractivity contribution in [2.75, 3.05) is 0 Å². The Morgan fingerprint density at radius 2 is 1.76 bits per heavy atom.